The minimum atomic E-state index is -0.765. The molecule has 0 saturated carbocycles. The third kappa shape index (κ3) is 4.28. The molecule has 31 heavy (non-hydrogen) atoms. The van der Waals surface area contributed by atoms with Crippen LogP contribution >= 0.6 is 0 Å². The molecule has 0 bridgehead atoms. The second kappa shape index (κ2) is 8.51. The number of fused-ring (bicyclic) bond motifs is 3. The van der Waals surface area contributed by atoms with E-state index < -0.39 is 30.6 Å². The summed E-state index contributed by atoms with van der Waals surface area (Å²) >= 11 is 0. The van der Waals surface area contributed by atoms with E-state index in [2.05, 4.69) is 10.3 Å². The van der Waals surface area contributed by atoms with Gasteiger partial charge in [-0.3, -0.25) is 19.0 Å². The van der Waals surface area contributed by atoms with E-state index in [1.807, 2.05) is 12.1 Å². The predicted molar refractivity (Wildman–Crippen MR) is 111 cm³/mol. The number of hydrogen-bond acceptors (Lipinski definition) is 7. The third-order valence-corrected chi connectivity index (χ3v) is 4.54. The first-order chi connectivity index (χ1) is 15.0. The molecule has 4 rings (SSSR count). The van der Waals surface area contributed by atoms with E-state index in [4.69, 9.17) is 14.4 Å². The Morgan fingerprint density at radius 3 is 2.71 bits per heavy atom. The number of nitrogens with one attached hydrogen (secondary N) is 1. The minimum absolute atomic E-state index is 0.0501. The van der Waals surface area contributed by atoms with E-state index >= 15 is 0 Å². The fourth-order valence-electron chi connectivity index (χ4n) is 3.05. The summed E-state index contributed by atoms with van der Waals surface area (Å²) in [5.74, 6) is -1.29. The Kier molecular flexibility index (Phi) is 5.45. The standard InChI is InChI=1S/C22H16N4O5/c23-10-9-14-5-7-15(8-6-14)25-18(27)12-30-19(28)11-26-13-24-20-16-3-1-2-4-17(16)31-21(20)22(26)29/h1-8,13H,9,11-12H2,(H,25,27). The van der Waals surface area contributed by atoms with E-state index in [1.54, 1.807) is 42.5 Å². The number of rotatable bonds is 6. The molecule has 0 unspecified atom stereocenters. The Bertz CT molecular complexity index is 1380. The maximum atomic E-state index is 12.6. The number of anilines is 1. The molecule has 0 fully saturated rings. The molecule has 2 aromatic heterocycles. The molecule has 1 N–H and O–H groups in total. The number of para-hydroxylation sites is 1. The number of carbonyl (C=O) groups excluding carboxylic acids is 2. The summed E-state index contributed by atoms with van der Waals surface area (Å²) in [6.07, 6.45) is 1.52. The van der Waals surface area contributed by atoms with Crippen LogP contribution in [-0.2, 0) is 27.3 Å². The van der Waals surface area contributed by atoms with E-state index in [9.17, 15) is 14.4 Å². The normalized spacial score (nSPS) is 10.7. The van der Waals surface area contributed by atoms with Crippen molar-refractivity contribution < 1.29 is 18.7 Å². The second-order valence-electron chi connectivity index (χ2n) is 6.69. The van der Waals surface area contributed by atoms with Gasteiger partial charge in [0.1, 0.15) is 17.6 Å². The maximum Gasteiger partial charge on any atom is 0.326 e. The highest BCUT2D eigenvalue weighted by molar-refractivity contribution is 6.01. The first kappa shape index (κ1) is 19.8. The fraction of sp³-hybridized carbons (Fsp3) is 0.136. The van der Waals surface area contributed by atoms with Gasteiger partial charge in [-0.2, -0.15) is 5.26 Å². The molecule has 1 amide bonds. The largest absolute Gasteiger partial charge is 0.454 e. The lowest BCUT2D eigenvalue weighted by molar-refractivity contribution is -0.147. The lowest BCUT2D eigenvalue weighted by Gasteiger charge is -2.08. The van der Waals surface area contributed by atoms with Crippen molar-refractivity contribution in [1.29, 1.82) is 5.26 Å². The van der Waals surface area contributed by atoms with Gasteiger partial charge in [-0.1, -0.05) is 24.3 Å². The van der Waals surface area contributed by atoms with Crippen molar-refractivity contribution in [3.63, 3.8) is 0 Å². The molecule has 154 valence electrons. The van der Waals surface area contributed by atoms with E-state index in [0.29, 0.717) is 22.2 Å². The van der Waals surface area contributed by atoms with E-state index in [1.165, 1.54) is 6.33 Å². The second-order valence-corrected chi connectivity index (χ2v) is 6.69. The summed E-state index contributed by atoms with van der Waals surface area (Å²) in [5.41, 5.74) is 1.82. The quantitative estimate of drug-likeness (QED) is 0.478. The summed E-state index contributed by atoms with van der Waals surface area (Å²) in [7, 11) is 0. The lowest BCUT2D eigenvalue weighted by atomic mass is 10.1. The van der Waals surface area contributed by atoms with Crippen LogP contribution in [0.3, 0.4) is 0 Å². The van der Waals surface area contributed by atoms with Gasteiger partial charge >= 0.3 is 5.97 Å². The third-order valence-electron chi connectivity index (χ3n) is 4.54. The van der Waals surface area contributed by atoms with Gasteiger partial charge in [0.2, 0.25) is 5.58 Å². The van der Waals surface area contributed by atoms with Crippen molar-refractivity contribution in [3.8, 4) is 6.07 Å². The summed E-state index contributed by atoms with van der Waals surface area (Å²) in [5, 5.41) is 12.0. The Morgan fingerprint density at radius 1 is 1.16 bits per heavy atom. The number of nitrogens with zero attached hydrogens (tertiary/aromatic N) is 3. The average molecular weight is 416 g/mol. The lowest BCUT2D eigenvalue weighted by Crippen LogP contribution is -2.27. The molecule has 9 nitrogen and oxygen atoms in total. The van der Waals surface area contributed by atoms with Gasteiger partial charge in [-0.15, -0.1) is 0 Å². The molecular formula is C22H16N4O5. The van der Waals surface area contributed by atoms with Crippen molar-refractivity contribution in [2.24, 2.45) is 0 Å². The van der Waals surface area contributed by atoms with Crippen molar-refractivity contribution >= 4 is 39.6 Å². The number of hydrogen-bond donors (Lipinski definition) is 1. The van der Waals surface area contributed by atoms with E-state index in [-0.39, 0.29) is 12.0 Å². The average Bonchev–Trinajstić information content (AvgIpc) is 3.15. The van der Waals surface area contributed by atoms with Crippen LogP contribution < -0.4 is 10.9 Å². The zero-order valence-electron chi connectivity index (χ0n) is 16.2. The fourth-order valence-corrected chi connectivity index (χ4v) is 3.05. The van der Waals surface area contributed by atoms with Crippen LogP contribution in [0.1, 0.15) is 5.56 Å². The Labute approximate surface area is 175 Å². The summed E-state index contributed by atoms with van der Waals surface area (Å²) in [6, 6.07) is 15.9. The van der Waals surface area contributed by atoms with Gasteiger partial charge < -0.3 is 14.5 Å². The van der Waals surface area contributed by atoms with Gasteiger partial charge in [0.05, 0.1) is 18.8 Å². The summed E-state index contributed by atoms with van der Waals surface area (Å²) < 4.78 is 11.6. The topological polar surface area (TPSA) is 127 Å². The monoisotopic (exact) mass is 416 g/mol. The molecule has 0 spiro atoms. The highest BCUT2D eigenvalue weighted by Gasteiger charge is 2.15. The number of ether oxygens (including phenoxy) is 1. The van der Waals surface area contributed by atoms with Crippen LogP contribution in [0, 0.1) is 11.3 Å². The summed E-state index contributed by atoms with van der Waals surface area (Å²) in [6.45, 7) is -0.914. The number of carbonyl (C=O) groups is 2. The van der Waals surface area contributed by atoms with Gasteiger partial charge in [0, 0.05) is 11.1 Å². The van der Waals surface area contributed by atoms with Gasteiger partial charge in [0.25, 0.3) is 11.5 Å². The van der Waals surface area contributed by atoms with Crippen molar-refractivity contribution in [2.75, 3.05) is 11.9 Å². The summed E-state index contributed by atoms with van der Waals surface area (Å²) in [4.78, 5) is 40.9. The molecule has 0 atom stereocenters. The molecule has 2 aromatic carbocycles. The number of benzene rings is 2. The smallest absolute Gasteiger partial charge is 0.326 e. The predicted octanol–water partition coefficient (Wildman–Crippen LogP) is 2.39. The Hall–Kier alpha value is -4.45. The molecule has 0 aliphatic carbocycles. The highest BCUT2D eigenvalue weighted by Crippen LogP contribution is 2.24. The number of nitriles is 1. The number of esters is 1. The van der Waals surface area contributed by atoms with Crippen molar-refractivity contribution in [1.82, 2.24) is 9.55 Å². The Balaban J connectivity index is 1.37. The molecule has 9 heteroatoms. The highest BCUT2D eigenvalue weighted by atomic mass is 16.5. The molecule has 0 radical (unpaired) electrons. The van der Waals surface area contributed by atoms with Crippen LogP contribution in [0.2, 0.25) is 0 Å². The zero-order valence-corrected chi connectivity index (χ0v) is 16.2. The molecule has 4 aromatic rings. The minimum Gasteiger partial charge on any atom is -0.454 e. The van der Waals surface area contributed by atoms with Crippen molar-refractivity contribution in [2.45, 2.75) is 13.0 Å². The van der Waals surface area contributed by atoms with Crippen LogP contribution in [-0.4, -0.2) is 28.0 Å². The first-order valence-electron chi connectivity index (χ1n) is 9.33. The van der Waals surface area contributed by atoms with Crippen LogP contribution in [0.5, 0.6) is 0 Å². The van der Waals surface area contributed by atoms with Crippen LogP contribution in [0.25, 0.3) is 22.1 Å². The molecule has 0 aliphatic rings. The van der Waals surface area contributed by atoms with Crippen molar-refractivity contribution in [3.05, 3.63) is 70.8 Å². The number of amides is 1. The molecule has 0 saturated heterocycles. The molecule has 0 aliphatic heterocycles. The molecule has 2 heterocycles. The number of furan rings is 1. The zero-order chi connectivity index (χ0) is 21.8. The van der Waals surface area contributed by atoms with Gasteiger partial charge in [0.15, 0.2) is 6.61 Å². The van der Waals surface area contributed by atoms with E-state index in [0.717, 1.165) is 10.1 Å². The maximum absolute atomic E-state index is 12.6. The van der Waals surface area contributed by atoms with Crippen LogP contribution in [0.15, 0.2) is 64.1 Å². The SMILES string of the molecule is N#CCc1ccc(NC(=O)COC(=O)Cn2cnc3c(oc4ccccc43)c2=O)cc1. The first-order valence-corrected chi connectivity index (χ1v) is 9.33. The molecular weight excluding hydrogens is 400 g/mol. The number of aromatic nitrogens is 2. The van der Waals surface area contributed by atoms with Gasteiger partial charge in [-0.25, -0.2) is 4.98 Å². The van der Waals surface area contributed by atoms with Crippen LogP contribution in [0.4, 0.5) is 5.69 Å². The Morgan fingerprint density at radius 2 is 1.94 bits per heavy atom. The van der Waals surface area contributed by atoms with Gasteiger partial charge in [-0.05, 0) is 29.8 Å².